The number of fused-ring (bicyclic) bond motifs is 3. The van der Waals surface area contributed by atoms with Gasteiger partial charge in [0.25, 0.3) is 5.91 Å². The van der Waals surface area contributed by atoms with E-state index >= 15 is 0 Å². The summed E-state index contributed by atoms with van der Waals surface area (Å²) in [6.45, 7) is 4.61. The minimum absolute atomic E-state index is 0.0106. The molecule has 5 rings (SSSR count). The molecule has 1 saturated carbocycles. The molecule has 1 fully saturated rings. The van der Waals surface area contributed by atoms with Crippen LogP contribution in [0.15, 0.2) is 66.9 Å². The fraction of sp³-hybridized carbons (Fsp3) is 0.438. The molecule has 1 heterocycles. The second-order valence-corrected chi connectivity index (χ2v) is 11.0. The SMILES string of the molecule is CCCC1(O)CCC2(Cc3ccccc3)c3ccc(C(=O)NCc4cccnc4C)cc3CCC2C1. The van der Waals surface area contributed by atoms with Crippen LogP contribution in [-0.2, 0) is 24.8 Å². The van der Waals surface area contributed by atoms with Gasteiger partial charge in [0.2, 0.25) is 0 Å². The zero-order valence-electron chi connectivity index (χ0n) is 21.6. The molecule has 4 nitrogen and oxygen atoms in total. The molecule has 0 saturated heterocycles. The molecule has 4 heteroatoms. The predicted molar refractivity (Wildman–Crippen MR) is 144 cm³/mol. The predicted octanol–water partition coefficient (Wildman–Crippen LogP) is 6.08. The minimum atomic E-state index is -0.540. The summed E-state index contributed by atoms with van der Waals surface area (Å²) in [6.07, 6.45) is 9.39. The van der Waals surface area contributed by atoms with Crippen LogP contribution in [0.5, 0.6) is 0 Å². The van der Waals surface area contributed by atoms with E-state index in [2.05, 4.69) is 59.7 Å². The monoisotopic (exact) mass is 482 g/mol. The fourth-order valence-corrected chi connectivity index (χ4v) is 6.87. The van der Waals surface area contributed by atoms with E-state index in [1.54, 1.807) is 6.20 Å². The van der Waals surface area contributed by atoms with Crippen molar-refractivity contribution in [2.75, 3.05) is 0 Å². The lowest BCUT2D eigenvalue weighted by molar-refractivity contribution is -0.0565. The lowest BCUT2D eigenvalue weighted by Gasteiger charge is -2.53. The van der Waals surface area contributed by atoms with E-state index in [1.807, 2.05) is 25.1 Å². The van der Waals surface area contributed by atoms with E-state index < -0.39 is 5.60 Å². The number of aromatic nitrogens is 1. The molecule has 0 aliphatic heterocycles. The van der Waals surface area contributed by atoms with Gasteiger partial charge >= 0.3 is 0 Å². The number of nitrogens with one attached hydrogen (secondary N) is 1. The fourth-order valence-electron chi connectivity index (χ4n) is 6.87. The van der Waals surface area contributed by atoms with E-state index in [1.165, 1.54) is 16.7 Å². The summed E-state index contributed by atoms with van der Waals surface area (Å²) in [7, 11) is 0. The normalized spacial score (nSPS) is 25.0. The second kappa shape index (κ2) is 10.2. The number of hydrogen-bond acceptors (Lipinski definition) is 3. The first kappa shape index (κ1) is 24.7. The van der Waals surface area contributed by atoms with E-state index in [9.17, 15) is 9.90 Å². The number of aliphatic hydroxyl groups is 1. The summed E-state index contributed by atoms with van der Waals surface area (Å²) < 4.78 is 0. The Bertz CT molecular complexity index is 1220. The number of carbonyl (C=O) groups is 1. The highest BCUT2D eigenvalue weighted by Gasteiger charge is 2.51. The molecule has 1 aromatic heterocycles. The molecule has 36 heavy (non-hydrogen) atoms. The molecule has 188 valence electrons. The van der Waals surface area contributed by atoms with Crippen LogP contribution in [0.1, 0.15) is 83.8 Å². The van der Waals surface area contributed by atoms with Crippen LogP contribution in [0.2, 0.25) is 0 Å². The quantitative estimate of drug-likeness (QED) is 0.429. The molecule has 3 unspecified atom stereocenters. The van der Waals surface area contributed by atoms with Gasteiger partial charge in [-0.05, 0) is 98.2 Å². The molecule has 1 amide bonds. The first-order valence-corrected chi connectivity index (χ1v) is 13.5. The van der Waals surface area contributed by atoms with Gasteiger partial charge < -0.3 is 10.4 Å². The third-order valence-electron chi connectivity index (χ3n) is 8.74. The van der Waals surface area contributed by atoms with Gasteiger partial charge in [-0.25, -0.2) is 0 Å². The number of rotatable bonds is 7. The Morgan fingerprint density at radius 2 is 1.94 bits per heavy atom. The smallest absolute Gasteiger partial charge is 0.251 e. The average Bonchev–Trinajstić information content (AvgIpc) is 2.89. The summed E-state index contributed by atoms with van der Waals surface area (Å²) in [5.74, 6) is 0.407. The van der Waals surface area contributed by atoms with Gasteiger partial charge in [-0.1, -0.05) is 55.8 Å². The van der Waals surface area contributed by atoms with E-state index in [0.717, 1.165) is 68.2 Å². The zero-order valence-corrected chi connectivity index (χ0v) is 21.6. The number of pyridine rings is 1. The van der Waals surface area contributed by atoms with Gasteiger partial charge in [0.15, 0.2) is 0 Å². The van der Waals surface area contributed by atoms with Gasteiger partial charge in [-0.2, -0.15) is 0 Å². The van der Waals surface area contributed by atoms with Crippen LogP contribution >= 0.6 is 0 Å². The average molecular weight is 483 g/mol. The van der Waals surface area contributed by atoms with Crippen LogP contribution in [-0.4, -0.2) is 21.6 Å². The van der Waals surface area contributed by atoms with Crippen molar-refractivity contribution in [2.45, 2.75) is 82.8 Å². The lowest BCUT2D eigenvalue weighted by Crippen LogP contribution is -2.51. The summed E-state index contributed by atoms with van der Waals surface area (Å²) in [4.78, 5) is 17.4. The molecule has 2 N–H and O–H groups in total. The number of benzene rings is 2. The van der Waals surface area contributed by atoms with Crippen LogP contribution in [0, 0.1) is 12.8 Å². The van der Waals surface area contributed by atoms with Crippen LogP contribution in [0.3, 0.4) is 0 Å². The maximum atomic E-state index is 13.1. The highest BCUT2D eigenvalue weighted by atomic mass is 16.3. The van der Waals surface area contributed by atoms with Crippen molar-refractivity contribution in [2.24, 2.45) is 5.92 Å². The molecular weight excluding hydrogens is 444 g/mol. The van der Waals surface area contributed by atoms with Crippen molar-refractivity contribution in [3.63, 3.8) is 0 Å². The molecule has 3 atom stereocenters. The highest BCUT2D eigenvalue weighted by molar-refractivity contribution is 5.94. The van der Waals surface area contributed by atoms with Gasteiger partial charge in [0.05, 0.1) is 5.60 Å². The third-order valence-corrected chi connectivity index (χ3v) is 8.74. The van der Waals surface area contributed by atoms with E-state index in [0.29, 0.717) is 12.5 Å². The van der Waals surface area contributed by atoms with Crippen molar-refractivity contribution in [3.8, 4) is 0 Å². The van der Waals surface area contributed by atoms with Crippen molar-refractivity contribution in [1.82, 2.24) is 10.3 Å². The van der Waals surface area contributed by atoms with Crippen molar-refractivity contribution >= 4 is 5.91 Å². The molecule has 2 aliphatic rings. The summed E-state index contributed by atoms with van der Waals surface area (Å²) in [5.41, 5.74) is 6.21. The Labute approximate surface area is 215 Å². The molecule has 3 aromatic rings. The number of nitrogens with zero attached hydrogens (tertiary/aromatic N) is 1. The van der Waals surface area contributed by atoms with Gasteiger partial charge in [-0.3, -0.25) is 9.78 Å². The summed E-state index contributed by atoms with van der Waals surface area (Å²) >= 11 is 0. The molecule has 0 bridgehead atoms. The lowest BCUT2D eigenvalue weighted by atomic mass is 9.52. The molecule has 2 aromatic carbocycles. The largest absolute Gasteiger partial charge is 0.390 e. The molecule has 0 radical (unpaired) electrons. The topological polar surface area (TPSA) is 62.2 Å². The Morgan fingerprint density at radius 1 is 1.11 bits per heavy atom. The van der Waals surface area contributed by atoms with Crippen LogP contribution in [0.25, 0.3) is 0 Å². The Kier molecular flexibility index (Phi) is 6.98. The maximum absolute atomic E-state index is 13.1. The zero-order chi connectivity index (χ0) is 25.2. The van der Waals surface area contributed by atoms with Gasteiger partial charge in [0, 0.05) is 29.4 Å². The first-order valence-electron chi connectivity index (χ1n) is 13.5. The Balaban J connectivity index is 1.43. The highest BCUT2D eigenvalue weighted by Crippen LogP contribution is 2.55. The van der Waals surface area contributed by atoms with Crippen LogP contribution < -0.4 is 5.32 Å². The maximum Gasteiger partial charge on any atom is 0.251 e. The third kappa shape index (κ3) is 4.84. The number of hydrogen-bond donors (Lipinski definition) is 2. The Morgan fingerprint density at radius 3 is 2.72 bits per heavy atom. The van der Waals surface area contributed by atoms with Gasteiger partial charge in [-0.15, -0.1) is 0 Å². The molecular formula is C32H38N2O2. The molecule has 0 spiro atoms. The van der Waals surface area contributed by atoms with Gasteiger partial charge in [0.1, 0.15) is 0 Å². The summed E-state index contributed by atoms with van der Waals surface area (Å²) in [6, 6.07) is 21.0. The van der Waals surface area contributed by atoms with Crippen molar-refractivity contribution < 1.29 is 9.90 Å². The van der Waals surface area contributed by atoms with Crippen molar-refractivity contribution in [1.29, 1.82) is 0 Å². The summed E-state index contributed by atoms with van der Waals surface area (Å²) in [5, 5.41) is 14.5. The van der Waals surface area contributed by atoms with Crippen LogP contribution in [0.4, 0.5) is 0 Å². The number of aryl methyl sites for hydroxylation is 2. The number of amides is 1. The first-order chi connectivity index (χ1) is 17.4. The number of carbonyl (C=O) groups excluding carboxylic acids is 1. The minimum Gasteiger partial charge on any atom is -0.390 e. The molecule has 2 aliphatic carbocycles. The Hall–Kier alpha value is -2.98. The van der Waals surface area contributed by atoms with Crippen molar-refractivity contribution in [3.05, 3.63) is 100 Å². The standard InChI is InChI=1S/C32H38N2O2/c1-3-15-31(36)16-17-32(20-24-8-5-4-6-9-24)28(21-31)13-11-25-19-26(12-14-29(25)32)30(35)34-22-27-10-7-18-33-23(27)2/h4-10,12,14,18-19,28,36H,3,11,13,15-17,20-22H2,1-2H3,(H,34,35). The second-order valence-electron chi connectivity index (χ2n) is 11.0. The van der Waals surface area contributed by atoms with E-state index in [4.69, 9.17) is 0 Å². The van der Waals surface area contributed by atoms with E-state index in [-0.39, 0.29) is 11.3 Å².